The van der Waals surface area contributed by atoms with Crippen molar-refractivity contribution in [2.75, 3.05) is 13.7 Å². The topological polar surface area (TPSA) is 39.1 Å². The van der Waals surface area contributed by atoms with Gasteiger partial charge in [-0.1, -0.05) is 12.1 Å². The highest BCUT2D eigenvalue weighted by Gasteiger charge is 2.05. The number of hydrogen-bond acceptors (Lipinski definition) is 3. The van der Waals surface area contributed by atoms with Crippen molar-refractivity contribution in [2.24, 2.45) is 7.05 Å². The van der Waals surface area contributed by atoms with E-state index in [9.17, 15) is 0 Å². The van der Waals surface area contributed by atoms with Gasteiger partial charge in [-0.25, -0.2) is 0 Å². The second-order valence-electron chi connectivity index (χ2n) is 4.72. The molecule has 0 saturated carbocycles. The number of nitrogens with zero attached hydrogens (tertiary/aromatic N) is 2. The molecule has 102 valence electrons. The van der Waals surface area contributed by atoms with Gasteiger partial charge in [0.15, 0.2) is 0 Å². The Morgan fingerprint density at radius 2 is 2.05 bits per heavy atom. The highest BCUT2D eigenvalue weighted by Crippen LogP contribution is 2.17. The third-order valence-corrected chi connectivity index (χ3v) is 3.24. The van der Waals surface area contributed by atoms with Crippen molar-refractivity contribution >= 4 is 0 Å². The lowest BCUT2D eigenvalue weighted by Crippen LogP contribution is -2.21. The fourth-order valence-electron chi connectivity index (χ4n) is 2.04. The molecule has 19 heavy (non-hydrogen) atoms. The van der Waals surface area contributed by atoms with Crippen LogP contribution in [0.4, 0.5) is 0 Å². The minimum Gasteiger partial charge on any atom is -0.497 e. The smallest absolute Gasteiger partial charge is 0.118 e. The van der Waals surface area contributed by atoms with Gasteiger partial charge in [0.1, 0.15) is 5.75 Å². The average Bonchev–Trinajstić information content (AvgIpc) is 2.84. The van der Waals surface area contributed by atoms with E-state index in [-0.39, 0.29) is 0 Å². The molecule has 4 heteroatoms. The molecule has 2 rings (SSSR count). The van der Waals surface area contributed by atoms with E-state index < -0.39 is 0 Å². The second-order valence-corrected chi connectivity index (χ2v) is 4.72. The molecule has 2 aromatic rings. The summed E-state index contributed by atoms with van der Waals surface area (Å²) in [6, 6.07) is 8.52. The summed E-state index contributed by atoms with van der Waals surface area (Å²) in [4.78, 5) is 0. The van der Waals surface area contributed by atoms with E-state index >= 15 is 0 Å². The normalized spacial score (nSPS) is 12.4. The third kappa shape index (κ3) is 3.83. The second kappa shape index (κ2) is 6.38. The van der Waals surface area contributed by atoms with E-state index in [0.717, 1.165) is 18.7 Å². The number of methoxy groups -OCH3 is 1. The van der Waals surface area contributed by atoms with Crippen molar-refractivity contribution in [3.05, 3.63) is 47.8 Å². The van der Waals surface area contributed by atoms with Gasteiger partial charge in [-0.15, -0.1) is 0 Å². The van der Waals surface area contributed by atoms with Crippen LogP contribution >= 0.6 is 0 Å². The molecule has 0 aliphatic heterocycles. The zero-order chi connectivity index (χ0) is 13.7. The molecule has 0 amide bonds. The minimum absolute atomic E-state index is 0.336. The molecule has 0 aliphatic rings. The van der Waals surface area contributed by atoms with Crippen LogP contribution in [0.2, 0.25) is 0 Å². The lowest BCUT2D eigenvalue weighted by atomic mass is 10.1. The maximum Gasteiger partial charge on any atom is 0.118 e. The van der Waals surface area contributed by atoms with Crippen LogP contribution < -0.4 is 10.1 Å². The zero-order valence-corrected chi connectivity index (χ0v) is 11.8. The monoisotopic (exact) mass is 259 g/mol. The van der Waals surface area contributed by atoms with Crippen molar-refractivity contribution in [1.29, 1.82) is 0 Å². The maximum atomic E-state index is 5.16. The Hall–Kier alpha value is -1.81. The number of rotatable bonds is 6. The van der Waals surface area contributed by atoms with E-state index in [1.165, 1.54) is 11.1 Å². The number of ether oxygens (including phenoxy) is 1. The Morgan fingerprint density at radius 1 is 1.32 bits per heavy atom. The van der Waals surface area contributed by atoms with Crippen molar-refractivity contribution in [3.63, 3.8) is 0 Å². The van der Waals surface area contributed by atoms with E-state index in [1.54, 1.807) is 7.11 Å². The molecular formula is C15H21N3O. The van der Waals surface area contributed by atoms with E-state index in [4.69, 9.17) is 4.74 Å². The average molecular weight is 259 g/mol. The standard InChI is InChI=1S/C15H21N3O/c1-12(14-4-6-15(19-3)7-5-14)16-9-8-13-10-17-18(2)11-13/h4-7,10-12,16H,8-9H2,1-3H3/t12-/m1/s1. The molecular weight excluding hydrogens is 238 g/mol. The molecule has 1 aromatic carbocycles. The SMILES string of the molecule is COc1ccc([C@@H](C)NCCc2cnn(C)c2)cc1. The van der Waals surface area contributed by atoms with Gasteiger partial charge in [-0.2, -0.15) is 5.10 Å². The van der Waals surface area contributed by atoms with Gasteiger partial charge in [-0.05, 0) is 43.1 Å². The lowest BCUT2D eigenvalue weighted by molar-refractivity contribution is 0.414. The third-order valence-electron chi connectivity index (χ3n) is 3.24. The van der Waals surface area contributed by atoms with E-state index in [2.05, 4.69) is 35.7 Å². The maximum absolute atomic E-state index is 5.16. The van der Waals surface area contributed by atoms with Gasteiger partial charge < -0.3 is 10.1 Å². The predicted molar refractivity (Wildman–Crippen MR) is 76.3 cm³/mol. The quantitative estimate of drug-likeness (QED) is 0.865. The summed E-state index contributed by atoms with van der Waals surface area (Å²) in [6.45, 7) is 3.12. The molecule has 0 fully saturated rings. The van der Waals surface area contributed by atoms with Crippen LogP contribution in [-0.2, 0) is 13.5 Å². The number of hydrogen-bond donors (Lipinski definition) is 1. The van der Waals surface area contributed by atoms with Crippen molar-refractivity contribution < 1.29 is 4.74 Å². The highest BCUT2D eigenvalue weighted by molar-refractivity contribution is 5.28. The van der Waals surface area contributed by atoms with Crippen LogP contribution in [0, 0.1) is 0 Å². The van der Waals surface area contributed by atoms with Crippen molar-refractivity contribution in [2.45, 2.75) is 19.4 Å². The van der Waals surface area contributed by atoms with Crippen LogP contribution in [0.1, 0.15) is 24.1 Å². The summed E-state index contributed by atoms with van der Waals surface area (Å²) < 4.78 is 7.00. The molecule has 0 aliphatic carbocycles. The molecule has 0 saturated heterocycles. The molecule has 1 heterocycles. The summed E-state index contributed by atoms with van der Waals surface area (Å²) in [6.07, 6.45) is 4.97. The summed E-state index contributed by atoms with van der Waals surface area (Å²) in [5.41, 5.74) is 2.53. The van der Waals surface area contributed by atoms with Crippen LogP contribution in [0.3, 0.4) is 0 Å². The van der Waals surface area contributed by atoms with Gasteiger partial charge in [0.2, 0.25) is 0 Å². The summed E-state index contributed by atoms with van der Waals surface area (Å²) in [5.74, 6) is 0.895. The van der Waals surface area contributed by atoms with Crippen molar-refractivity contribution in [1.82, 2.24) is 15.1 Å². The largest absolute Gasteiger partial charge is 0.497 e. The molecule has 0 unspecified atom stereocenters. The molecule has 0 radical (unpaired) electrons. The summed E-state index contributed by atoms with van der Waals surface area (Å²) >= 11 is 0. The van der Waals surface area contributed by atoms with E-state index in [1.807, 2.05) is 30.1 Å². The Labute approximate surface area is 114 Å². The highest BCUT2D eigenvalue weighted by atomic mass is 16.5. The Morgan fingerprint density at radius 3 is 2.63 bits per heavy atom. The number of aromatic nitrogens is 2. The fraction of sp³-hybridized carbons (Fsp3) is 0.400. The zero-order valence-electron chi connectivity index (χ0n) is 11.8. The number of nitrogens with one attached hydrogen (secondary N) is 1. The molecule has 0 bridgehead atoms. The molecule has 1 N–H and O–H groups in total. The molecule has 4 nitrogen and oxygen atoms in total. The lowest BCUT2D eigenvalue weighted by Gasteiger charge is -2.14. The molecule has 1 atom stereocenters. The first-order valence-corrected chi connectivity index (χ1v) is 6.54. The molecule has 1 aromatic heterocycles. The van der Waals surface area contributed by atoms with Gasteiger partial charge in [0, 0.05) is 19.3 Å². The van der Waals surface area contributed by atoms with Gasteiger partial charge >= 0.3 is 0 Å². The van der Waals surface area contributed by atoms with Gasteiger partial charge in [-0.3, -0.25) is 4.68 Å². The first-order valence-electron chi connectivity index (χ1n) is 6.54. The van der Waals surface area contributed by atoms with Gasteiger partial charge in [0.05, 0.1) is 13.3 Å². The first-order chi connectivity index (χ1) is 9.19. The fourth-order valence-corrected chi connectivity index (χ4v) is 2.04. The Balaban J connectivity index is 1.81. The van der Waals surface area contributed by atoms with Crippen LogP contribution in [0.15, 0.2) is 36.7 Å². The Kier molecular flexibility index (Phi) is 4.58. The van der Waals surface area contributed by atoms with Gasteiger partial charge in [0.25, 0.3) is 0 Å². The predicted octanol–water partition coefficient (Wildman–Crippen LogP) is 2.32. The number of aryl methyl sites for hydroxylation is 1. The van der Waals surface area contributed by atoms with Crippen LogP contribution in [-0.4, -0.2) is 23.4 Å². The summed E-state index contributed by atoms with van der Waals surface area (Å²) in [7, 11) is 3.63. The Bertz CT molecular complexity index is 504. The number of benzene rings is 1. The van der Waals surface area contributed by atoms with Crippen LogP contribution in [0.5, 0.6) is 5.75 Å². The van der Waals surface area contributed by atoms with Crippen molar-refractivity contribution in [3.8, 4) is 5.75 Å². The first kappa shape index (κ1) is 13.6. The summed E-state index contributed by atoms with van der Waals surface area (Å²) in [5, 5.41) is 7.68. The van der Waals surface area contributed by atoms with Crippen LogP contribution in [0.25, 0.3) is 0 Å². The minimum atomic E-state index is 0.336. The van der Waals surface area contributed by atoms with E-state index in [0.29, 0.717) is 6.04 Å². The molecule has 0 spiro atoms.